The molecule has 1 aromatic rings. The molecule has 25 heavy (non-hydrogen) atoms. The molecule has 0 saturated carbocycles. The molecule has 0 aromatic heterocycles. The maximum absolute atomic E-state index is 12.7. The highest BCUT2D eigenvalue weighted by Gasteiger charge is 2.37. The SMILES string of the molecule is CC(=O)OC1CC(c2cc(C)cc(C)c2)CN(C(=O)N2CC(O)C2)C1. The zero-order chi connectivity index (χ0) is 18.1. The molecule has 2 aliphatic heterocycles. The molecule has 2 atom stereocenters. The Balaban J connectivity index is 1.79. The molecule has 0 aliphatic carbocycles. The van der Waals surface area contributed by atoms with Crippen molar-refractivity contribution in [3.8, 4) is 0 Å². The Morgan fingerprint density at radius 2 is 1.64 bits per heavy atom. The van der Waals surface area contributed by atoms with Crippen molar-refractivity contribution in [1.82, 2.24) is 9.80 Å². The summed E-state index contributed by atoms with van der Waals surface area (Å²) in [5.41, 5.74) is 3.55. The van der Waals surface area contributed by atoms with Crippen LogP contribution in [0.4, 0.5) is 4.79 Å². The summed E-state index contributed by atoms with van der Waals surface area (Å²) in [5, 5.41) is 9.45. The summed E-state index contributed by atoms with van der Waals surface area (Å²) in [7, 11) is 0. The third-order valence-corrected chi connectivity index (χ3v) is 4.86. The molecule has 2 fully saturated rings. The van der Waals surface area contributed by atoms with Crippen LogP contribution in [0.15, 0.2) is 18.2 Å². The van der Waals surface area contributed by atoms with Gasteiger partial charge in [0, 0.05) is 19.4 Å². The summed E-state index contributed by atoms with van der Waals surface area (Å²) in [4.78, 5) is 27.5. The van der Waals surface area contributed by atoms with E-state index in [1.54, 1.807) is 9.80 Å². The van der Waals surface area contributed by atoms with E-state index < -0.39 is 6.10 Å². The van der Waals surface area contributed by atoms with Crippen LogP contribution in [0.3, 0.4) is 0 Å². The molecule has 1 N–H and O–H groups in total. The number of amides is 2. The fraction of sp³-hybridized carbons (Fsp3) is 0.579. The number of piperidine rings is 1. The fourth-order valence-corrected chi connectivity index (χ4v) is 3.83. The minimum absolute atomic E-state index is 0.0865. The number of aliphatic hydroxyl groups is 1. The predicted molar refractivity (Wildman–Crippen MR) is 93.4 cm³/mol. The van der Waals surface area contributed by atoms with Gasteiger partial charge >= 0.3 is 12.0 Å². The van der Waals surface area contributed by atoms with Crippen molar-refractivity contribution >= 4 is 12.0 Å². The predicted octanol–water partition coefficient (Wildman–Crippen LogP) is 1.82. The van der Waals surface area contributed by atoms with E-state index in [4.69, 9.17) is 4.74 Å². The van der Waals surface area contributed by atoms with Gasteiger partial charge in [0.15, 0.2) is 0 Å². The first-order valence-electron chi connectivity index (χ1n) is 8.79. The van der Waals surface area contributed by atoms with Gasteiger partial charge in [-0.25, -0.2) is 4.79 Å². The van der Waals surface area contributed by atoms with Crippen molar-refractivity contribution in [3.05, 3.63) is 34.9 Å². The van der Waals surface area contributed by atoms with Crippen molar-refractivity contribution in [2.45, 2.75) is 45.3 Å². The van der Waals surface area contributed by atoms with Gasteiger partial charge in [-0.05, 0) is 25.8 Å². The van der Waals surface area contributed by atoms with E-state index in [1.165, 1.54) is 23.6 Å². The minimum atomic E-state index is -0.423. The zero-order valence-corrected chi connectivity index (χ0v) is 15.1. The number of likely N-dealkylation sites (tertiary alicyclic amines) is 2. The number of hydrogen-bond donors (Lipinski definition) is 1. The Morgan fingerprint density at radius 3 is 2.20 bits per heavy atom. The highest BCUT2D eigenvalue weighted by Crippen LogP contribution is 2.31. The average Bonchev–Trinajstić information content (AvgIpc) is 2.49. The molecule has 2 aliphatic rings. The summed E-state index contributed by atoms with van der Waals surface area (Å²) in [5.74, 6) is -0.190. The highest BCUT2D eigenvalue weighted by molar-refractivity contribution is 5.76. The van der Waals surface area contributed by atoms with E-state index in [9.17, 15) is 14.7 Å². The number of urea groups is 1. The van der Waals surface area contributed by atoms with Gasteiger partial charge in [0.2, 0.25) is 0 Å². The van der Waals surface area contributed by atoms with Crippen LogP contribution in [0.2, 0.25) is 0 Å². The van der Waals surface area contributed by atoms with Gasteiger partial charge in [-0.15, -0.1) is 0 Å². The van der Waals surface area contributed by atoms with Crippen LogP contribution in [-0.4, -0.2) is 65.3 Å². The number of rotatable bonds is 2. The Labute approximate surface area is 148 Å². The molecule has 3 rings (SSSR count). The van der Waals surface area contributed by atoms with Gasteiger partial charge in [0.25, 0.3) is 0 Å². The summed E-state index contributed by atoms with van der Waals surface area (Å²) >= 11 is 0. The fourth-order valence-electron chi connectivity index (χ4n) is 3.83. The van der Waals surface area contributed by atoms with Gasteiger partial charge in [-0.2, -0.15) is 0 Å². The number of aryl methyl sites for hydroxylation is 2. The molecule has 2 amide bonds. The molecule has 6 nitrogen and oxygen atoms in total. The van der Waals surface area contributed by atoms with Crippen LogP contribution in [0, 0.1) is 13.8 Å². The standard InChI is InChI=1S/C19H26N2O4/c1-12-4-13(2)6-15(5-12)16-7-18(25-14(3)22)11-20(8-16)19(24)21-9-17(23)10-21/h4-6,16-18,23H,7-11H2,1-3H3. The van der Waals surface area contributed by atoms with E-state index in [2.05, 4.69) is 32.0 Å². The number of carbonyl (C=O) groups is 2. The topological polar surface area (TPSA) is 70.1 Å². The largest absolute Gasteiger partial charge is 0.461 e. The second-order valence-electron chi connectivity index (χ2n) is 7.33. The Hall–Kier alpha value is -2.08. The molecule has 0 spiro atoms. The maximum atomic E-state index is 12.7. The maximum Gasteiger partial charge on any atom is 0.320 e. The van der Waals surface area contributed by atoms with E-state index in [1.807, 2.05) is 0 Å². The van der Waals surface area contributed by atoms with E-state index >= 15 is 0 Å². The van der Waals surface area contributed by atoms with E-state index in [0.717, 1.165) is 6.42 Å². The van der Waals surface area contributed by atoms with Crippen molar-refractivity contribution in [3.63, 3.8) is 0 Å². The van der Waals surface area contributed by atoms with E-state index in [0.29, 0.717) is 26.2 Å². The lowest BCUT2D eigenvalue weighted by Crippen LogP contribution is -2.60. The number of β-amino-alcohol motifs (C(OH)–C–C–N with tert-alkyl or cyclic N) is 1. The van der Waals surface area contributed by atoms with E-state index in [-0.39, 0.29) is 24.0 Å². The first-order valence-corrected chi connectivity index (χ1v) is 8.79. The van der Waals surface area contributed by atoms with Gasteiger partial charge in [-0.3, -0.25) is 4.79 Å². The monoisotopic (exact) mass is 346 g/mol. The molecule has 2 saturated heterocycles. The summed E-state index contributed by atoms with van der Waals surface area (Å²) < 4.78 is 5.44. The minimum Gasteiger partial charge on any atom is -0.461 e. The Kier molecular flexibility index (Phi) is 4.99. The second-order valence-corrected chi connectivity index (χ2v) is 7.33. The zero-order valence-electron chi connectivity index (χ0n) is 15.1. The first kappa shape index (κ1) is 17.7. The summed E-state index contributed by atoms with van der Waals surface area (Å²) in [6, 6.07) is 6.32. The molecular weight excluding hydrogens is 320 g/mol. The van der Waals surface area contributed by atoms with Crippen LogP contribution in [0.1, 0.15) is 36.0 Å². The number of aliphatic hydroxyl groups excluding tert-OH is 1. The molecular formula is C19H26N2O4. The van der Waals surface area contributed by atoms with Gasteiger partial charge in [0.05, 0.1) is 25.7 Å². The lowest BCUT2D eigenvalue weighted by Gasteiger charge is -2.43. The lowest BCUT2D eigenvalue weighted by molar-refractivity contribution is -0.148. The number of benzene rings is 1. The van der Waals surface area contributed by atoms with Crippen molar-refractivity contribution < 1.29 is 19.4 Å². The third kappa shape index (κ3) is 4.12. The smallest absolute Gasteiger partial charge is 0.320 e. The molecule has 136 valence electrons. The second kappa shape index (κ2) is 7.04. The first-order chi connectivity index (χ1) is 11.8. The Bertz CT molecular complexity index is 649. The number of esters is 1. The number of carbonyl (C=O) groups excluding carboxylic acids is 2. The van der Waals surface area contributed by atoms with Crippen LogP contribution in [-0.2, 0) is 9.53 Å². The van der Waals surface area contributed by atoms with Crippen LogP contribution < -0.4 is 0 Å². The summed E-state index contributed by atoms with van der Waals surface area (Å²) in [6.45, 7) is 7.29. The van der Waals surface area contributed by atoms with Crippen LogP contribution in [0.5, 0.6) is 0 Å². The lowest BCUT2D eigenvalue weighted by atomic mass is 9.87. The Morgan fingerprint density at radius 1 is 1.04 bits per heavy atom. The van der Waals surface area contributed by atoms with Gasteiger partial charge in [-0.1, -0.05) is 29.3 Å². The van der Waals surface area contributed by atoms with Crippen molar-refractivity contribution in [2.75, 3.05) is 26.2 Å². The third-order valence-electron chi connectivity index (χ3n) is 4.86. The quantitative estimate of drug-likeness (QED) is 0.830. The van der Waals surface area contributed by atoms with Crippen LogP contribution in [0.25, 0.3) is 0 Å². The number of hydrogen-bond acceptors (Lipinski definition) is 4. The van der Waals surface area contributed by atoms with Gasteiger partial charge < -0.3 is 19.6 Å². The van der Waals surface area contributed by atoms with Crippen molar-refractivity contribution in [1.29, 1.82) is 0 Å². The number of nitrogens with zero attached hydrogens (tertiary/aromatic N) is 2. The molecule has 2 unspecified atom stereocenters. The molecule has 2 heterocycles. The van der Waals surface area contributed by atoms with Gasteiger partial charge in [0.1, 0.15) is 6.10 Å². The summed E-state index contributed by atoms with van der Waals surface area (Å²) in [6.07, 6.45) is -0.00467. The average molecular weight is 346 g/mol. The molecule has 0 radical (unpaired) electrons. The number of ether oxygens (including phenoxy) is 1. The molecule has 6 heteroatoms. The highest BCUT2D eigenvalue weighted by atomic mass is 16.5. The molecule has 1 aromatic carbocycles. The normalized spacial score (nSPS) is 24.0. The molecule has 0 bridgehead atoms. The van der Waals surface area contributed by atoms with Crippen LogP contribution >= 0.6 is 0 Å². The van der Waals surface area contributed by atoms with Crippen molar-refractivity contribution in [2.24, 2.45) is 0 Å².